The minimum absolute atomic E-state index is 0.00886. The van der Waals surface area contributed by atoms with Crippen LogP contribution >= 0.6 is 0 Å². The first-order valence-corrected chi connectivity index (χ1v) is 9.43. The Morgan fingerprint density at radius 1 is 1.19 bits per heavy atom. The number of carboxylic acids is 1. The number of fused-ring (bicyclic) bond motifs is 1. The Morgan fingerprint density at radius 3 is 2.56 bits per heavy atom. The lowest BCUT2D eigenvalue weighted by Gasteiger charge is -2.14. The fourth-order valence-corrected chi connectivity index (χ4v) is 3.03. The second kappa shape index (κ2) is 9.64. The number of aryl methyl sites for hydroxylation is 1. The molecule has 3 aromatic heterocycles. The third kappa shape index (κ3) is 5.72. The van der Waals surface area contributed by atoms with Crippen molar-refractivity contribution in [3.63, 3.8) is 0 Å². The number of carbonyl (C=O) groups is 2. The van der Waals surface area contributed by atoms with Crippen LogP contribution in [0.25, 0.3) is 0 Å². The summed E-state index contributed by atoms with van der Waals surface area (Å²) >= 11 is 0. The van der Waals surface area contributed by atoms with Gasteiger partial charge in [0.2, 0.25) is 0 Å². The highest BCUT2D eigenvalue weighted by Crippen LogP contribution is 2.25. The summed E-state index contributed by atoms with van der Waals surface area (Å²) in [7, 11) is 0. The topological polar surface area (TPSA) is 124 Å². The summed E-state index contributed by atoms with van der Waals surface area (Å²) in [4.78, 5) is 30.5. The summed E-state index contributed by atoms with van der Waals surface area (Å²) in [5.74, 6) is -2.77. The number of halogens is 3. The number of aliphatic carboxylic acids is 1. The summed E-state index contributed by atoms with van der Waals surface area (Å²) < 4.78 is 37.5. The van der Waals surface area contributed by atoms with Crippen LogP contribution in [0.1, 0.15) is 38.8 Å². The summed E-state index contributed by atoms with van der Waals surface area (Å²) in [6.07, 6.45) is -3.33. The van der Waals surface area contributed by atoms with E-state index in [1.807, 2.05) is 31.2 Å². The average molecular weight is 451 g/mol. The number of amides is 1. The van der Waals surface area contributed by atoms with Crippen LogP contribution in [0.15, 0.2) is 36.5 Å². The number of pyridine rings is 1. The predicted octanol–water partition coefficient (Wildman–Crippen LogP) is 2.95. The van der Waals surface area contributed by atoms with E-state index in [0.717, 1.165) is 28.3 Å². The Morgan fingerprint density at radius 2 is 1.94 bits per heavy atom. The fourth-order valence-electron chi connectivity index (χ4n) is 3.03. The molecule has 0 fully saturated rings. The first kappa shape index (κ1) is 23.0. The van der Waals surface area contributed by atoms with Crippen LogP contribution in [0.4, 0.5) is 13.2 Å². The zero-order valence-electron chi connectivity index (χ0n) is 16.9. The van der Waals surface area contributed by atoms with E-state index in [1.165, 1.54) is 0 Å². The molecule has 12 heteroatoms. The molecule has 0 radical (unpaired) electrons. The van der Waals surface area contributed by atoms with Crippen LogP contribution in [0.5, 0.6) is 0 Å². The molecule has 0 aromatic carbocycles. The lowest BCUT2D eigenvalue weighted by Crippen LogP contribution is -2.26. The number of aromatic amines is 2. The first-order valence-electron chi connectivity index (χ1n) is 9.43. The van der Waals surface area contributed by atoms with E-state index in [2.05, 4.69) is 20.2 Å². The van der Waals surface area contributed by atoms with Gasteiger partial charge in [0.25, 0.3) is 5.91 Å². The van der Waals surface area contributed by atoms with Crippen molar-refractivity contribution in [2.75, 3.05) is 0 Å². The average Bonchev–Trinajstić information content (AvgIpc) is 3.46. The summed E-state index contributed by atoms with van der Waals surface area (Å²) in [6, 6.07) is 9.48. The van der Waals surface area contributed by atoms with Gasteiger partial charge in [-0.05, 0) is 31.2 Å². The number of hydrogen-bond acceptors (Lipinski definition) is 5. The number of nitrogens with zero attached hydrogens (tertiary/aromatic N) is 3. The molecular formula is C20H20F3N5O4. The van der Waals surface area contributed by atoms with Crippen LogP contribution < -0.4 is 0 Å². The molecule has 0 saturated carbocycles. The Labute approximate surface area is 180 Å². The second-order valence-electron chi connectivity index (χ2n) is 6.94. The van der Waals surface area contributed by atoms with E-state index in [-0.39, 0.29) is 5.91 Å². The van der Waals surface area contributed by atoms with E-state index in [1.54, 1.807) is 17.2 Å². The minimum atomic E-state index is -5.08. The van der Waals surface area contributed by atoms with Crippen molar-refractivity contribution in [2.45, 2.75) is 39.4 Å². The van der Waals surface area contributed by atoms with Crippen molar-refractivity contribution in [1.29, 1.82) is 0 Å². The van der Waals surface area contributed by atoms with Crippen molar-refractivity contribution in [2.24, 2.45) is 0 Å². The number of ether oxygens (including phenoxy) is 1. The van der Waals surface area contributed by atoms with E-state index in [9.17, 15) is 18.0 Å². The molecule has 3 aromatic rings. The first-order chi connectivity index (χ1) is 15.1. The summed E-state index contributed by atoms with van der Waals surface area (Å²) in [5, 5.41) is 14.5. The molecule has 1 amide bonds. The number of alkyl halides is 3. The number of nitrogens with one attached hydrogen (secondary N) is 2. The third-order valence-electron chi connectivity index (χ3n) is 4.53. The lowest BCUT2D eigenvalue weighted by atomic mass is 10.2. The van der Waals surface area contributed by atoms with Gasteiger partial charge in [0.05, 0.1) is 43.4 Å². The van der Waals surface area contributed by atoms with Gasteiger partial charge < -0.3 is 19.7 Å². The Kier molecular flexibility index (Phi) is 6.93. The molecule has 0 spiro atoms. The van der Waals surface area contributed by atoms with Crippen molar-refractivity contribution < 1.29 is 32.6 Å². The van der Waals surface area contributed by atoms with Gasteiger partial charge in [-0.25, -0.2) is 4.79 Å². The molecule has 4 heterocycles. The molecule has 0 bridgehead atoms. The number of carbonyl (C=O) groups excluding carboxylic acids is 1. The normalized spacial score (nSPS) is 12.8. The van der Waals surface area contributed by atoms with Crippen molar-refractivity contribution in [1.82, 2.24) is 25.1 Å². The molecule has 32 heavy (non-hydrogen) atoms. The Hall–Kier alpha value is -3.67. The summed E-state index contributed by atoms with van der Waals surface area (Å²) in [5.41, 5.74) is 5.35. The highest BCUT2D eigenvalue weighted by Gasteiger charge is 2.38. The molecule has 3 N–H and O–H groups in total. The molecule has 0 saturated heterocycles. The van der Waals surface area contributed by atoms with Gasteiger partial charge in [-0.3, -0.25) is 14.9 Å². The quantitative estimate of drug-likeness (QED) is 0.548. The third-order valence-corrected chi connectivity index (χ3v) is 4.53. The van der Waals surface area contributed by atoms with Gasteiger partial charge in [-0.1, -0.05) is 6.07 Å². The van der Waals surface area contributed by atoms with E-state index in [4.69, 9.17) is 14.6 Å². The van der Waals surface area contributed by atoms with Crippen molar-refractivity contribution in [3.05, 3.63) is 70.6 Å². The standard InChI is InChI=1S/C18H19N5O2.C2HF3O2/c1-12-4-2-5-13(20-12)10-25-11-17-14-8-23(9-16(14)21-22-17)18(24)15-6-3-7-19-15;3-2(4,5)1(6)7/h2-7,19H,8-11H2,1H3,(H,21,22);(H,6,7). The maximum atomic E-state index is 12.4. The highest BCUT2D eigenvalue weighted by atomic mass is 19.4. The molecule has 0 aliphatic carbocycles. The van der Waals surface area contributed by atoms with Crippen LogP contribution in [0.3, 0.4) is 0 Å². The fraction of sp³-hybridized carbons (Fsp3) is 0.300. The molecule has 1 aliphatic heterocycles. The van der Waals surface area contributed by atoms with E-state index < -0.39 is 12.1 Å². The van der Waals surface area contributed by atoms with Crippen LogP contribution in [-0.2, 0) is 35.8 Å². The van der Waals surface area contributed by atoms with Gasteiger partial charge >= 0.3 is 12.1 Å². The molecule has 0 atom stereocenters. The molecule has 4 rings (SSSR count). The van der Waals surface area contributed by atoms with Crippen LogP contribution in [-0.4, -0.2) is 48.2 Å². The van der Waals surface area contributed by atoms with Gasteiger partial charge in [-0.2, -0.15) is 18.3 Å². The molecule has 0 unspecified atom stereocenters. The zero-order valence-corrected chi connectivity index (χ0v) is 16.9. The smallest absolute Gasteiger partial charge is 0.475 e. The number of aromatic nitrogens is 4. The van der Waals surface area contributed by atoms with Crippen LogP contribution in [0.2, 0.25) is 0 Å². The molecule has 9 nitrogen and oxygen atoms in total. The van der Waals surface area contributed by atoms with Gasteiger partial charge in [0.1, 0.15) is 5.69 Å². The monoisotopic (exact) mass is 451 g/mol. The SMILES string of the molecule is Cc1cccc(COCc2n[nH]c3c2CN(C(=O)c2ccc[nH]2)C3)n1.O=C(O)C(F)(F)F. The van der Waals surface area contributed by atoms with Crippen LogP contribution in [0, 0.1) is 6.92 Å². The van der Waals surface area contributed by atoms with E-state index in [0.29, 0.717) is 32.0 Å². The van der Waals surface area contributed by atoms with Gasteiger partial charge in [0, 0.05) is 17.5 Å². The second-order valence-corrected chi connectivity index (χ2v) is 6.94. The van der Waals surface area contributed by atoms with Gasteiger partial charge in [0.15, 0.2) is 0 Å². The number of carboxylic acid groups (broad SMARTS) is 1. The maximum Gasteiger partial charge on any atom is 0.490 e. The van der Waals surface area contributed by atoms with E-state index >= 15 is 0 Å². The Balaban J connectivity index is 0.000000360. The van der Waals surface area contributed by atoms with Crippen molar-refractivity contribution in [3.8, 4) is 0 Å². The Bertz CT molecular complexity index is 1080. The lowest BCUT2D eigenvalue weighted by molar-refractivity contribution is -0.192. The van der Waals surface area contributed by atoms with Crippen molar-refractivity contribution >= 4 is 11.9 Å². The largest absolute Gasteiger partial charge is 0.490 e. The summed E-state index contributed by atoms with van der Waals surface area (Å²) in [6.45, 7) is 3.88. The number of rotatable bonds is 5. The zero-order chi connectivity index (χ0) is 23.3. The maximum absolute atomic E-state index is 12.4. The molecule has 170 valence electrons. The predicted molar refractivity (Wildman–Crippen MR) is 104 cm³/mol. The number of hydrogen-bond donors (Lipinski definition) is 3. The minimum Gasteiger partial charge on any atom is -0.475 e. The number of H-pyrrole nitrogens is 2. The highest BCUT2D eigenvalue weighted by molar-refractivity contribution is 5.92. The molecule has 1 aliphatic rings. The molecular weight excluding hydrogens is 431 g/mol. The van der Waals surface area contributed by atoms with Gasteiger partial charge in [-0.15, -0.1) is 0 Å².